The highest BCUT2D eigenvalue weighted by molar-refractivity contribution is 6.32. The Morgan fingerprint density at radius 3 is 2.48 bits per heavy atom. The van der Waals surface area contributed by atoms with Gasteiger partial charge in [-0.2, -0.15) is 18.3 Å². The maximum atomic E-state index is 13.1. The van der Waals surface area contributed by atoms with E-state index < -0.39 is 16.9 Å². The van der Waals surface area contributed by atoms with Gasteiger partial charge in [0.05, 0.1) is 22.8 Å². The fourth-order valence-electron chi connectivity index (χ4n) is 3.77. The van der Waals surface area contributed by atoms with Gasteiger partial charge in [-0.1, -0.05) is 23.2 Å². The molecule has 0 N–H and O–H groups in total. The lowest BCUT2D eigenvalue weighted by molar-refractivity contribution is -0.142. The molecule has 1 aromatic heterocycles. The summed E-state index contributed by atoms with van der Waals surface area (Å²) in [7, 11) is 1.54. The summed E-state index contributed by atoms with van der Waals surface area (Å²) in [4.78, 5) is 16.7. The fraction of sp³-hybridized carbons (Fsp3) is 0.500. The van der Waals surface area contributed by atoms with Crippen molar-refractivity contribution < 1.29 is 22.7 Å². The molecule has 2 aromatic rings. The first-order chi connectivity index (χ1) is 14.5. The predicted molar refractivity (Wildman–Crippen MR) is 113 cm³/mol. The number of aromatic nitrogens is 2. The van der Waals surface area contributed by atoms with Crippen molar-refractivity contribution in [3.05, 3.63) is 39.6 Å². The number of amides is 1. The van der Waals surface area contributed by atoms with Gasteiger partial charge in [0.15, 0.2) is 5.69 Å². The number of carbonyl (C=O) groups excluding carboxylic acids is 1. The average molecular weight is 479 g/mol. The molecule has 1 aromatic carbocycles. The van der Waals surface area contributed by atoms with Crippen molar-refractivity contribution >= 4 is 34.8 Å². The first-order valence-electron chi connectivity index (χ1n) is 9.65. The Morgan fingerprint density at radius 1 is 1.23 bits per heavy atom. The summed E-state index contributed by atoms with van der Waals surface area (Å²) in [5.74, 6) is 0.243. The maximum absolute atomic E-state index is 13.1. The van der Waals surface area contributed by atoms with Crippen LogP contribution in [0.15, 0.2) is 18.2 Å². The van der Waals surface area contributed by atoms with Crippen LogP contribution in [0, 0.1) is 6.92 Å². The van der Waals surface area contributed by atoms with Gasteiger partial charge in [-0.25, -0.2) is 0 Å². The zero-order valence-electron chi connectivity index (χ0n) is 17.5. The first kappa shape index (κ1) is 23.5. The number of methoxy groups -OCH3 is 1. The number of rotatable bonds is 4. The molecule has 0 spiro atoms. The van der Waals surface area contributed by atoms with E-state index in [4.69, 9.17) is 27.9 Å². The second-order valence-corrected chi connectivity index (χ2v) is 8.27. The van der Waals surface area contributed by atoms with Crippen LogP contribution in [0.5, 0.6) is 5.75 Å². The van der Waals surface area contributed by atoms with Crippen LogP contribution in [0.4, 0.5) is 18.9 Å². The number of anilines is 1. The van der Waals surface area contributed by atoms with E-state index in [0.717, 1.165) is 10.4 Å². The van der Waals surface area contributed by atoms with Crippen molar-refractivity contribution in [2.45, 2.75) is 45.6 Å². The van der Waals surface area contributed by atoms with Gasteiger partial charge in [0.2, 0.25) is 5.91 Å². The second kappa shape index (κ2) is 8.78. The van der Waals surface area contributed by atoms with E-state index in [0.29, 0.717) is 23.9 Å². The van der Waals surface area contributed by atoms with E-state index in [2.05, 4.69) is 10.00 Å². The van der Waals surface area contributed by atoms with Gasteiger partial charge in [-0.3, -0.25) is 9.48 Å². The lowest BCUT2D eigenvalue weighted by Crippen LogP contribution is -2.59. The van der Waals surface area contributed by atoms with Crippen LogP contribution in [0.2, 0.25) is 10.0 Å². The number of nitrogens with zero attached hydrogens (tertiary/aromatic N) is 4. The summed E-state index contributed by atoms with van der Waals surface area (Å²) >= 11 is 11.9. The fourth-order valence-corrected chi connectivity index (χ4v) is 4.20. The van der Waals surface area contributed by atoms with Crippen LogP contribution < -0.4 is 9.64 Å². The molecule has 1 saturated heterocycles. The van der Waals surface area contributed by atoms with Crippen LogP contribution in [0.25, 0.3) is 0 Å². The number of halogens is 5. The monoisotopic (exact) mass is 478 g/mol. The highest BCUT2D eigenvalue weighted by atomic mass is 35.5. The number of benzene rings is 1. The third kappa shape index (κ3) is 4.57. The van der Waals surface area contributed by atoms with Gasteiger partial charge in [0.1, 0.15) is 12.3 Å². The lowest BCUT2D eigenvalue weighted by Gasteiger charge is -2.46. The first-order valence-corrected chi connectivity index (χ1v) is 10.4. The SMILES string of the molecule is COc1cc(N2CCN(C(=O)Cn3nc(C(F)(F)F)c(Cl)c3C)[C@H](C)[C@@H]2C)ccc1Cl. The summed E-state index contributed by atoms with van der Waals surface area (Å²) < 4.78 is 45.5. The zero-order valence-corrected chi connectivity index (χ0v) is 19.0. The molecule has 1 aliphatic rings. The van der Waals surface area contributed by atoms with Crippen molar-refractivity contribution in [1.29, 1.82) is 0 Å². The van der Waals surface area contributed by atoms with E-state index >= 15 is 0 Å². The number of ether oxygens (including phenoxy) is 1. The minimum Gasteiger partial charge on any atom is -0.495 e. The summed E-state index contributed by atoms with van der Waals surface area (Å²) in [5.41, 5.74) is -0.158. The Hall–Kier alpha value is -2.13. The minimum atomic E-state index is -4.68. The van der Waals surface area contributed by atoms with E-state index in [1.807, 2.05) is 26.0 Å². The van der Waals surface area contributed by atoms with Gasteiger partial charge in [0.25, 0.3) is 0 Å². The molecule has 0 saturated carbocycles. The van der Waals surface area contributed by atoms with Gasteiger partial charge >= 0.3 is 6.18 Å². The lowest BCUT2D eigenvalue weighted by atomic mass is 10.0. The van der Waals surface area contributed by atoms with Gasteiger partial charge in [-0.15, -0.1) is 0 Å². The topological polar surface area (TPSA) is 50.6 Å². The van der Waals surface area contributed by atoms with Gasteiger partial charge < -0.3 is 14.5 Å². The summed E-state index contributed by atoms with van der Waals surface area (Å²) in [6.45, 7) is 5.96. The Bertz CT molecular complexity index is 980. The van der Waals surface area contributed by atoms with Crippen LogP contribution in [-0.4, -0.2) is 52.9 Å². The predicted octanol–water partition coefficient (Wildman–Crippen LogP) is 4.65. The van der Waals surface area contributed by atoms with Crippen LogP contribution in [0.3, 0.4) is 0 Å². The molecule has 0 radical (unpaired) electrons. The number of alkyl halides is 3. The summed E-state index contributed by atoms with van der Waals surface area (Å²) in [5, 5.41) is 3.55. The van der Waals surface area contributed by atoms with Crippen molar-refractivity contribution in [1.82, 2.24) is 14.7 Å². The smallest absolute Gasteiger partial charge is 0.436 e. The van der Waals surface area contributed by atoms with E-state index in [-0.39, 0.29) is 30.2 Å². The van der Waals surface area contributed by atoms with Crippen molar-refractivity contribution in [2.75, 3.05) is 25.1 Å². The molecule has 170 valence electrons. The molecule has 1 fully saturated rings. The summed E-state index contributed by atoms with van der Waals surface area (Å²) in [6.07, 6.45) is -4.68. The second-order valence-electron chi connectivity index (χ2n) is 7.48. The van der Waals surface area contributed by atoms with E-state index in [1.165, 1.54) is 6.92 Å². The van der Waals surface area contributed by atoms with Crippen LogP contribution in [0.1, 0.15) is 25.2 Å². The quantitative estimate of drug-likeness (QED) is 0.641. The number of hydrogen-bond acceptors (Lipinski definition) is 4. The van der Waals surface area contributed by atoms with E-state index in [1.54, 1.807) is 18.1 Å². The molecule has 31 heavy (non-hydrogen) atoms. The Labute approximate surface area is 188 Å². The number of hydrogen-bond donors (Lipinski definition) is 0. The third-order valence-electron chi connectivity index (χ3n) is 5.74. The Morgan fingerprint density at radius 2 is 1.90 bits per heavy atom. The molecule has 11 heteroatoms. The Balaban J connectivity index is 1.75. The number of piperazine rings is 1. The average Bonchev–Trinajstić information content (AvgIpc) is 2.99. The number of carbonyl (C=O) groups is 1. The summed E-state index contributed by atoms with van der Waals surface area (Å²) in [6, 6.07) is 5.26. The molecular weight excluding hydrogens is 456 g/mol. The van der Waals surface area contributed by atoms with Crippen molar-refractivity contribution in [3.63, 3.8) is 0 Å². The third-order valence-corrected chi connectivity index (χ3v) is 6.50. The van der Waals surface area contributed by atoms with Gasteiger partial charge in [-0.05, 0) is 32.9 Å². The van der Waals surface area contributed by atoms with Crippen molar-refractivity contribution in [3.8, 4) is 5.75 Å². The largest absolute Gasteiger partial charge is 0.495 e. The highest BCUT2D eigenvalue weighted by Gasteiger charge is 2.39. The molecule has 1 amide bonds. The van der Waals surface area contributed by atoms with Crippen LogP contribution in [-0.2, 0) is 17.5 Å². The molecule has 0 bridgehead atoms. The molecule has 2 heterocycles. The molecule has 3 rings (SSSR count). The highest BCUT2D eigenvalue weighted by Crippen LogP contribution is 2.36. The van der Waals surface area contributed by atoms with Crippen LogP contribution >= 0.6 is 23.2 Å². The molecule has 2 atom stereocenters. The molecule has 0 aliphatic carbocycles. The molecule has 0 unspecified atom stereocenters. The van der Waals surface area contributed by atoms with E-state index in [9.17, 15) is 18.0 Å². The minimum absolute atomic E-state index is 0.0448. The normalized spacial score (nSPS) is 19.6. The standard InChI is InChI=1S/C20H23Cl2F3N4O2/c1-11-12(2)28(8-7-27(11)14-5-6-15(21)16(9-14)31-4)17(30)10-29-13(3)18(22)19(26-29)20(23,24)25/h5-6,9,11-12H,7-8,10H2,1-4H3/t11-,12+/m0/s1. The Kier molecular flexibility index (Phi) is 6.67. The molecule has 1 aliphatic heterocycles. The zero-order chi connectivity index (χ0) is 23.1. The van der Waals surface area contributed by atoms with Gasteiger partial charge in [0, 0.05) is 36.9 Å². The molecule has 6 nitrogen and oxygen atoms in total. The molecular formula is C20H23Cl2F3N4O2. The van der Waals surface area contributed by atoms with Crippen molar-refractivity contribution in [2.24, 2.45) is 0 Å². The maximum Gasteiger partial charge on any atom is 0.436 e.